The number of amides is 1. The summed E-state index contributed by atoms with van der Waals surface area (Å²) >= 11 is 0. The predicted octanol–water partition coefficient (Wildman–Crippen LogP) is 6.50. The van der Waals surface area contributed by atoms with Crippen LogP contribution < -0.4 is 10.7 Å². The number of carbonyl (C=O) groups is 1. The maximum Gasteiger partial charge on any atom is 0.255 e. The number of aromatic hydroxyl groups is 1. The number of hydrogen-bond acceptors (Lipinski definition) is 4. The fourth-order valence-corrected chi connectivity index (χ4v) is 3.83. The van der Waals surface area contributed by atoms with Gasteiger partial charge < -0.3 is 14.8 Å². The fraction of sp³-hybridized carbons (Fsp3) is 0. The van der Waals surface area contributed by atoms with E-state index in [1.807, 2.05) is 0 Å². The van der Waals surface area contributed by atoms with Crippen molar-refractivity contribution in [2.24, 2.45) is 0 Å². The maximum atomic E-state index is 13.5. The van der Waals surface area contributed by atoms with Gasteiger partial charge in [0.15, 0.2) is 5.76 Å². The molecular formula is C28H16F3NO4. The van der Waals surface area contributed by atoms with Gasteiger partial charge in [0, 0.05) is 22.9 Å². The summed E-state index contributed by atoms with van der Waals surface area (Å²) in [6.45, 7) is 0. The van der Waals surface area contributed by atoms with Gasteiger partial charge in [-0.25, -0.2) is 13.2 Å². The van der Waals surface area contributed by atoms with Crippen molar-refractivity contribution in [1.82, 2.24) is 0 Å². The molecule has 5 nitrogen and oxygen atoms in total. The van der Waals surface area contributed by atoms with E-state index in [4.69, 9.17) is 4.42 Å². The van der Waals surface area contributed by atoms with Crippen LogP contribution in [0, 0.1) is 17.5 Å². The number of benzene rings is 4. The van der Waals surface area contributed by atoms with Gasteiger partial charge >= 0.3 is 0 Å². The van der Waals surface area contributed by atoms with E-state index < -0.39 is 28.7 Å². The first-order chi connectivity index (χ1) is 17.3. The summed E-state index contributed by atoms with van der Waals surface area (Å²) in [6, 6.07) is 19.1. The van der Waals surface area contributed by atoms with Crippen molar-refractivity contribution in [2.45, 2.75) is 0 Å². The van der Waals surface area contributed by atoms with Crippen LogP contribution in [0.25, 0.3) is 33.4 Å². The third-order valence-electron chi connectivity index (χ3n) is 5.55. The van der Waals surface area contributed by atoms with E-state index in [-0.39, 0.29) is 39.4 Å². The fourth-order valence-electron chi connectivity index (χ4n) is 3.83. The largest absolute Gasteiger partial charge is 0.502 e. The highest BCUT2D eigenvalue weighted by Gasteiger charge is 2.17. The molecule has 0 aliphatic heterocycles. The normalized spacial score (nSPS) is 11.0. The molecular weight excluding hydrogens is 471 g/mol. The van der Waals surface area contributed by atoms with Crippen molar-refractivity contribution in [2.75, 3.05) is 5.32 Å². The summed E-state index contributed by atoms with van der Waals surface area (Å²) < 4.78 is 46.1. The monoisotopic (exact) mass is 487 g/mol. The van der Waals surface area contributed by atoms with Gasteiger partial charge in [-0.1, -0.05) is 30.3 Å². The molecule has 0 aliphatic rings. The first-order valence-corrected chi connectivity index (χ1v) is 10.7. The summed E-state index contributed by atoms with van der Waals surface area (Å²) in [5.74, 6) is -3.66. The Balaban J connectivity index is 1.53. The Morgan fingerprint density at radius 1 is 0.750 bits per heavy atom. The second-order valence-electron chi connectivity index (χ2n) is 8.02. The number of fused-ring (bicyclic) bond motifs is 1. The Kier molecular flexibility index (Phi) is 5.77. The van der Waals surface area contributed by atoms with Crippen LogP contribution in [-0.2, 0) is 0 Å². The number of nitrogens with one attached hydrogen (secondary N) is 1. The van der Waals surface area contributed by atoms with E-state index in [2.05, 4.69) is 5.32 Å². The van der Waals surface area contributed by atoms with E-state index in [1.54, 1.807) is 36.4 Å². The highest BCUT2D eigenvalue weighted by Crippen LogP contribution is 2.33. The van der Waals surface area contributed by atoms with E-state index in [1.165, 1.54) is 30.3 Å². The average molecular weight is 487 g/mol. The standard InChI is InChI=1S/C28H16F3NO4/c29-19-7-4-15(5-8-19)16-6-9-23-24(13-16)36-27(26(34)25(23)33)17-2-1-3-22(12-17)32-28(35)18-10-20(30)14-21(31)11-18/h1-14,34H,(H,32,35). The molecule has 0 radical (unpaired) electrons. The number of halogens is 3. The number of anilines is 1. The summed E-state index contributed by atoms with van der Waals surface area (Å²) in [5.41, 5.74) is 1.22. The molecule has 0 atom stereocenters. The number of carbonyl (C=O) groups excluding carboxylic acids is 1. The molecule has 1 aromatic heterocycles. The Labute approximate surface area is 202 Å². The van der Waals surface area contributed by atoms with Crippen LogP contribution >= 0.6 is 0 Å². The van der Waals surface area contributed by atoms with Crippen molar-refractivity contribution >= 4 is 22.6 Å². The third kappa shape index (κ3) is 4.44. The molecule has 0 unspecified atom stereocenters. The van der Waals surface area contributed by atoms with Crippen molar-refractivity contribution in [3.05, 3.63) is 118 Å². The van der Waals surface area contributed by atoms with Gasteiger partial charge in [-0.05, 0) is 59.7 Å². The second kappa shape index (κ2) is 9.07. The third-order valence-corrected chi connectivity index (χ3v) is 5.55. The topological polar surface area (TPSA) is 79.5 Å². The number of hydrogen-bond donors (Lipinski definition) is 2. The molecule has 0 aliphatic carbocycles. The molecule has 5 aromatic rings. The van der Waals surface area contributed by atoms with Gasteiger partial charge in [-0.15, -0.1) is 0 Å². The molecule has 2 N–H and O–H groups in total. The minimum absolute atomic E-state index is 0.128. The first-order valence-electron chi connectivity index (χ1n) is 10.7. The lowest BCUT2D eigenvalue weighted by atomic mass is 10.0. The van der Waals surface area contributed by atoms with Gasteiger partial charge in [0.2, 0.25) is 11.2 Å². The Morgan fingerprint density at radius 2 is 1.44 bits per heavy atom. The van der Waals surface area contributed by atoms with Gasteiger partial charge in [0.25, 0.3) is 5.91 Å². The minimum atomic E-state index is -0.892. The van der Waals surface area contributed by atoms with Crippen molar-refractivity contribution < 1.29 is 27.5 Å². The average Bonchev–Trinajstić information content (AvgIpc) is 2.86. The van der Waals surface area contributed by atoms with Crippen LogP contribution in [0.5, 0.6) is 5.75 Å². The summed E-state index contributed by atoms with van der Waals surface area (Å²) in [5, 5.41) is 13.2. The zero-order valence-electron chi connectivity index (χ0n) is 18.4. The lowest BCUT2D eigenvalue weighted by Gasteiger charge is -2.10. The minimum Gasteiger partial charge on any atom is -0.502 e. The predicted molar refractivity (Wildman–Crippen MR) is 129 cm³/mol. The molecule has 0 fully saturated rings. The molecule has 0 saturated carbocycles. The molecule has 0 saturated heterocycles. The highest BCUT2D eigenvalue weighted by atomic mass is 19.1. The smallest absolute Gasteiger partial charge is 0.255 e. The molecule has 8 heteroatoms. The summed E-state index contributed by atoms with van der Waals surface area (Å²) in [6.07, 6.45) is 0. The molecule has 0 spiro atoms. The molecule has 5 rings (SSSR count). The van der Waals surface area contributed by atoms with Crippen molar-refractivity contribution in [3.63, 3.8) is 0 Å². The first kappa shape index (κ1) is 22.9. The molecule has 178 valence electrons. The van der Waals surface area contributed by atoms with Crippen molar-refractivity contribution in [1.29, 1.82) is 0 Å². The van der Waals surface area contributed by atoms with Crippen LogP contribution in [-0.4, -0.2) is 11.0 Å². The number of rotatable bonds is 4. The Bertz CT molecular complexity index is 1670. The van der Waals surface area contributed by atoms with Crippen LogP contribution in [0.2, 0.25) is 0 Å². The quantitative estimate of drug-likeness (QED) is 0.303. The van der Waals surface area contributed by atoms with Crippen LogP contribution in [0.15, 0.2) is 94.1 Å². The lowest BCUT2D eigenvalue weighted by Crippen LogP contribution is -2.12. The maximum absolute atomic E-state index is 13.5. The van der Waals surface area contributed by atoms with E-state index >= 15 is 0 Å². The SMILES string of the molecule is O=C(Nc1cccc(-c2oc3cc(-c4ccc(F)cc4)ccc3c(=O)c2O)c1)c1cc(F)cc(F)c1. The Morgan fingerprint density at radius 3 is 2.17 bits per heavy atom. The van der Waals surface area contributed by atoms with Crippen LogP contribution in [0.1, 0.15) is 10.4 Å². The van der Waals surface area contributed by atoms with Crippen molar-refractivity contribution in [3.8, 4) is 28.2 Å². The lowest BCUT2D eigenvalue weighted by molar-refractivity contribution is 0.102. The van der Waals surface area contributed by atoms with Gasteiger partial charge in [0.05, 0.1) is 5.39 Å². The van der Waals surface area contributed by atoms with Gasteiger partial charge in [0.1, 0.15) is 23.0 Å². The summed E-state index contributed by atoms with van der Waals surface area (Å²) in [4.78, 5) is 25.3. The van der Waals surface area contributed by atoms with Gasteiger partial charge in [-0.3, -0.25) is 9.59 Å². The van der Waals surface area contributed by atoms with E-state index in [0.717, 1.165) is 12.1 Å². The van der Waals surface area contributed by atoms with E-state index in [9.17, 15) is 27.9 Å². The Hall–Kier alpha value is -4.85. The molecule has 1 amide bonds. The highest BCUT2D eigenvalue weighted by molar-refractivity contribution is 6.04. The van der Waals surface area contributed by atoms with Crippen LogP contribution in [0.3, 0.4) is 0 Å². The van der Waals surface area contributed by atoms with Crippen LogP contribution in [0.4, 0.5) is 18.9 Å². The zero-order chi connectivity index (χ0) is 25.4. The molecule has 4 aromatic carbocycles. The molecule has 0 bridgehead atoms. The second-order valence-corrected chi connectivity index (χ2v) is 8.02. The summed E-state index contributed by atoms with van der Waals surface area (Å²) in [7, 11) is 0. The zero-order valence-corrected chi connectivity index (χ0v) is 18.4. The van der Waals surface area contributed by atoms with Gasteiger partial charge in [-0.2, -0.15) is 0 Å². The molecule has 1 heterocycles. The molecule has 36 heavy (non-hydrogen) atoms. The van der Waals surface area contributed by atoms with E-state index in [0.29, 0.717) is 17.2 Å².